The zero-order chi connectivity index (χ0) is 18.7. The number of nitriles is 3. The molecule has 0 unspecified atom stereocenters. The van der Waals surface area contributed by atoms with E-state index >= 15 is 0 Å². The van der Waals surface area contributed by atoms with Crippen LogP contribution in [0, 0.1) is 47.8 Å². The Hall–Kier alpha value is -3.81. The molecule has 0 bridgehead atoms. The second-order valence-corrected chi connectivity index (χ2v) is 6.12. The van der Waals surface area contributed by atoms with Gasteiger partial charge < -0.3 is 4.57 Å². The largest absolute Gasteiger partial charge is 0.343 e. The van der Waals surface area contributed by atoms with Gasteiger partial charge in [-0.05, 0) is 49.2 Å². The SMILES string of the molecule is Cc1c(C#N)c(-c2ccc(C#N)cc2)c(C)n1Cc1ccc(C#N)cc1. The van der Waals surface area contributed by atoms with Crippen molar-refractivity contribution in [2.75, 3.05) is 0 Å². The maximum Gasteiger partial charge on any atom is 0.102 e. The Morgan fingerprint density at radius 3 is 1.77 bits per heavy atom. The van der Waals surface area contributed by atoms with Crippen molar-refractivity contribution >= 4 is 0 Å². The van der Waals surface area contributed by atoms with Gasteiger partial charge in [0.15, 0.2) is 0 Å². The lowest BCUT2D eigenvalue weighted by atomic mass is 10.0. The van der Waals surface area contributed by atoms with Gasteiger partial charge in [-0.25, -0.2) is 0 Å². The summed E-state index contributed by atoms with van der Waals surface area (Å²) in [5.41, 5.74) is 6.70. The summed E-state index contributed by atoms with van der Waals surface area (Å²) in [5, 5.41) is 27.6. The summed E-state index contributed by atoms with van der Waals surface area (Å²) in [5.74, 6) is 0. The lowest BCUT2D eigenvalue weighted by molar-refractivity contribution is 0.749. The Balaban J connectivity index is 2.07. The molecule has 4 nitrogen and oxygen atoms in total. The van der Waals surface area contributed by atoms with Crippen molar-refractivity contribution in [3.63, 3.8) is 0 Å². The molecular weight excluding hydrogens is 320 g/mol. The van der Waals surface area contributed by atoms with E-state index in [9.17, 15) is 5.26 Å². The molecule has 1 aromatic heterocycles. The van der Waals surface area contributed by atoms with Crippen LogP contribution in [0.15, 0.2) is 48.5 Å². The second kappa shape index (κ2) is 6.98. The summed E-state index contributed by atoms with van der Waals surface area (Å²) >= 11 is 0. The molecule has 3 rings (SSSR count). The molecule has 0 spiro atoms. The molecular formula is C22H16N4. The monoisotopic (exact) mass is 336 g/mol. The lowest BCUT2D eigenvalue weighted by Crippen LogP contribution is -2.04. The molecule has 1 heterocycles. The van der Waals surface area contributed by atoms with E-state index in [0.717, 1.165) is 28.1 Å². The highest BCUT2D eigenvalue weighted by Gasteiger charge is 2.19. The maximum atomic E-state index is 9.68. The molecule has 0 aliphatic carbocycles. The first-order valence-electron chi connectivity index (χ1n) is 8.18. The number of rotatable bonds is 3. The van der Waals surface area contributed by atoms with Crippen molar-refractivity contribution < 1.29 is 0 Å². The van der Waals surface area contributed by atoms with Crippen LogP contribution >= 0.6 is 0 Å². The fourth-order valence-corrected chi connectivity index (χ4v) is 3.19. The molecule has 26 heavy (non-hydrogen) atoms. The first-order chi connectivity index (χ1) is 12.6. The van der Waals surface area contributed by atoms with Gasteiger partial charge in [-0.3, -0.25) is 0 Å². The van der Waals surface area contributed by atoms with E-state index in [4.69, 9.17) is 10.5 Å². The van der Waals surface area contributed by atoms with Crippen molar-refractivity contribution in [3.8, 4) is 29.3 Å². The molecule has 0 fully saturated rings. The Bertz CT molecular complexity index is 1080. The van der Waals surface area contributed by atoms with E-state index in [0.29, 0.717) is 23.2 Å². The molecule has 0 saturated carbocycles. The molecule has 2 aromatic carbocycles. The van der Waals surface area contributed by atoms with Gasteiger partial charge in [0.25, 0.3) is 0 Å². The number of hydrogen-bond acceptors (Lipinski definition) is 3. The van der Waals surface area contributed by atoms with Gasteiger partial charge in [-0.1, -0.05) is 24.3 Å². The zero-order valence-corrected chi connectivity index (χ0v) is 14.6. The van der Waals surface area contributed by atoms with Crippen LogP contribution in [0.1, 0.15) is 33.6 Å². The summed E-state index contributed by atoms with van der Waals surface area (Å²) in [4.78, 5) is 0. The standard InChI is InChI=1S/C22H16N4/c1-15-21(13-25)22(20-9-7-18(12-24)8-10-20)16(2)26(15)14-19-5-3-17(11-23)4-6-19/h3-10H,14H2,1-2H3. The molecule has 3 aromatic rings. The lowest BCUT2D eigenvalue weighted by Gasteiger charge is -2.10. The van der Waals surface area contributed by atoms with Crippen LogP contribution < -0.4 is 0 Å². The van der Waals surface area contributed by atoms with Gasteiger partial charge in [-0.2, -0.15) is 15.8 Å². The maximum absolute atomic E-state index is 9.68. The average Bonchev–Trinajstić information content (AvgIpc) is 2.92. The van der Waals surface area contributed by atoms with Crippen LogP contribution in [0.4, 0.5) is 0 Å². The second-order valence-electron chi connectivity index (χ2n) is 6.12. The highest BCUT2D eigenvalue weighted by molar-refractivity contribution is 5.75. The zero-order valence-electron chi connectivity index (χ0n) is 14.6. The summed E-state index contributed by atoms with van der Waals surface area (Å²) in [7, 11) is 0. The van der Waals surface area contributed by atoms with Crippen LogP contribution in [-0.4, -0.2) is 4.57 Å². The van der Waals surface area contributed by atoms with Crippen LogP contribution in [0.5, 0.6) is 0 Å². The summed E-state index contributed by atoms with van der Waals surface area (Å²) < 4.78 is 2.12. The summed E-state index contributed by atoms with van der Waals surface area (Å²) in [6.45, 7) is 4.59. The first kappa shape index (κ1) is 17.0. The van der Waals surface area contributed by atoms with Gasteiger partial charge in [0.2, 0.25) is 0 Å². The van der Waals surface area contributed by atoms with Gasteiger partial charge in [0, 0.05) is 23.5 Å². The van der Waals surface area contributed by atoms with Crippen LogP contribution in [0.3, 0.4) is 0 Å². The first-order valence-corrected chi connectivity index (χ1v) is 8.18. The van der Waals surface area contributed by atoms with Gasteiger partial charge in [0.1, 0.15) is 6.07 Å². The molecule has 124 valence electrons. The molecule has 0 amide bonds. The van der Waals surface area contributed by atoms with Gasteiger partial charge in [-0.15, -0.1) is 0 Å². The molecule has 0 aliphatic rings. The minimum atomic E-state index is 0.596. The Morgan fingerprint density at radius 1 is 0.731 bits per heavy atom. The van der Waals surface area contributed by atoms with Crippen molar-refractivity contribution in [2.24, 2.45) is 0 Å². The third-order valence-electron chi connectivity index (χ3n) is 4.62. The van der Waals surface area contributed by atoms with Crippen molar-refractivity contribution in [2.45, 2.75) is 20.4 Å². The predicted octanol–water partition coefficient (Wildman–Crippen LogP) is 4.44. The minimum Gasteiger partial charge on any atom is -0.343 e. The van der Waals surface area contributed by atoms with Crippen molar-refractivity contribution in [1.82, 2.24) is 4.57 Å². The Morgan fingerprint density at radius 2 is 1.27 bits per heavy atom. The third-order valence-corrected chi connectivity index (χ3v) is 4.62. The molecule has 0 atom stereocenters. The van der Waals surface area contributed by atoms with Crippen LogP contribution in [-0.2, 0) is 6.54 Å². The van der Waals surface area contributed by atoms with Gasteiger partial charge in [0.05, 0.1) is 28.8 Å². The normalized spacial score (nSPS) is 9.96. The molecule has 0 aliphatic heterocycles. The number of benzene rings is 2. The van der Waals surface area contributed by atoms with Crippen molar-refractivity contribution in [3.05, 3.63) is 82.2 Å². The minimum absolute atomic E-state index is 0.596. The van der Waals surface area contributed by atoms with Crippen LogP contribution in [0.25, 0.3) is 11.1 Å². The Kier molecular flexibility index (Phi) is 4.57. The van der Waals surface area contributed by atoms with Gasteiger partial charge >= 0.3 is 0 Å². The summed E-state index contributed by atoms with van der Waals surface area (Å²) in [6, 6.07) is 21.3. The number of hydrogen-bond donors (Lipinski definition) is 0. The highest BCUT2D eigenvalue weighted by Crippen LogP contribution is 2.32. The van der Waals surface area contributed by atoms with Crippen molar-refractivity contribution in [1.29, 1.82) is 15.8 Å². The fraction of sp³-hybridized carbons (Fsp3) is 0.136. The molecule has 4 heteroatoms. The van der Waals surface area contributed by atoms with E-state index in [-0.39, 0.29) is 0 Å². The number of nitrogens with zero attached hydrogens (tertiary/aromatic N) is 4. The van der Waals surface area contributed by atoms with E-state index in [1.165, 1.54) is 0 Å². The Labute approximate surface area is 152 Å². The summed E-state index contributed by atoms with van der Waals surface area (Å²) in [6.07, 6.45) is 0. The van der Waals surface area contributed by atoms with E-state index in [1.807, 2.05) is 38.1 Å². The van der Waals surface area contributed by atoms with E-state index in [1.54, 1.807) is 24.3 Å². The third kappa shape index (κ3) is 2.95. The number of aromatic nitrogens is 1. The van der Waals surface area contributed by atoms with Crippen LogP contribution in [0.2, 0.25) is 0 Å². The molecule has 0 saturated heterocycles. The predicted molar refractivity (Wildman–Crippen MR) is 99.0 cm³/mol. The van der Waals surface area contributed by atoms with E-state index < -0.39 is 0 Å². The quantitative estimate of drug-likeness (QED) is 0.709. The van der Waals surface area contributed by atoms with E-state index in [2.05, 4.69) is 22.8 Å². The fourth-order valence-electron chi connectivity index (χ4n) is 3.19. The molecule has 0 N–H and O–H groups in total. The topological polar surface area (TPSA) is 76.3 Å². The average molecular weight is 336 g/mol. The molecule has 0 radical (unpaired) electrons. The highest BCUT2D eigenvalue weighted by atomic mass is 15.0. The smallest absolute Gasteiger partial charge is 0.102 e.